The van der Waals surface area contributed by atoms with Crippen LogP contribution in [-0.2, 0) is 16.1 Å². The molecule has 0 aromatic heterocycles. The Balaban J connectivity index is 0.00000562. The fourth-order valence-electron chi connectivity index (χ4n) is 3.14. The van der Waals surface area contributed by atoms with E-state index in [-0.39, 0.29) is 30.5 Å². The molecule has 4 amide bonds. The van der Waals surface area contributed by atoms with Crippen LogP contribution in [0.25, 0.3) is 0 Å². The van der Waals surface area contributed by atoms with Crippen LogP contribution in [0.3, 0.4) is 0 Å². The lowest BCUT2D eigenvalue weighted by Gasteiger charge is -2.27. The maximum Gasteiger partial charge on any atom is 0.407 e. The third kappa shape index (κ3) is 13.3. The van der Waals surface area contributed by atoms with E-state index in [0.29, 0.717) is 31.6 Å². The molecule has 1 rings (SSSR count). The minimum atomic E-state index is -0.583. The summed E-state index contributed by atoms with van der Waals surface area (Å²) in [6, 6.07) is 6.09. The molecule has 0 bridgehead atoms. The van der Waals surface area contributed by atoms with Crippen LogP contribution in [0.5, 0.6) is 0 Å². The zero-order valence-electron chi connectivity index (χ0n) is 22.0. The molecule has 0 aliphatic heterocycles. The Labute approximate surface area is 209 Å². The van der Waals surface area contributed by atoms with Crippen molar-refractivity contribution < 1.29 is 19.1 Å². The first-order valence-electron chi connectivity index (χ1n) is 12.1. The second-order valence-corrected chi connectivity index (χ2v) is 7.95. The second-order valence-electron chi connectivity index (χ2n) is 7.95. The summed E-state index contributed by atoms with van der Waals surface area (Å²) in [4.78, 5) is 35.0. The molecule has 1 aromatic rings. The van der Waals surface area contributed by atoms with E-state index in [0.717, 1.165) is 11.3 Å². The Hall–Kier alpha value is -3.27. The SMILES string of the molecule is C=C(Nc1ccc(COC(=O)NC)cc1)C(CCCNC(N)=O)NC(=O)C(NCC)C(C)C.CC. The van der Waals surface area contributed by atoms with Gasteiger partial charge in [0.15, 0.2) is 0 Å². The number of hydrogen-bond acceptors (Lipinski definition) is 6. The van der Waals surface area contributed by atoms with Gasteiger partial charge in [0, 0.05) is 25.0 Å². The lowest BCUT2D eigenvalue weighted by Crippen LogP contribution is -2.51. The molecule has 0 saturated carbocycles. The summed E-state index contributed by atoms with van der Waals surface area (Å²) >= 11 is 0. The Morgan fingerprint density at radius 2 is 1.74 bits per heavy atom. The average molecular weight is 493 g/mol. The fourth-order valence-corrected chi connectivity index (χ4v) is 3.14. The standard InChI is InChI=1S/C23H38N6O4.C2H6/c1-6-26-20(15(2)3)21(30)29-19(8-7-13-27-22(24)31)16(4)28-18-11-9-17(10-12-18)14-33-23(32)25-5;1-2/h9-12,15,19-20,26,28H,4,6-8,13-14H2,1-3,5H3,(H,25,32)(H,29,30)(H3,24,27,31);1-2H3. The topological polar surface area (TPSA) is 147 Å². The molecule has 2 unspecified atom stereocenters. The number of nitrogens with one attached hydrogen (secondary N) is 5. The average Bonchev–Trinajstić information content (AvgIpc) is 2.84. The van der Waals surface area contributed by atoms with E-state index in [9.17, 15) is 14.4 Å². The minimum Gasteiger partial charge on any atom is -0.445 e. The molecule has 1 aromatic carbocycles. The van der Waals surface area contributed by atoms with E-state index in [2.05, 4.69) is 33.2 Å². The third-order valence-electron chi connectivity index (χ3n) is 4.91. The number of alkyl carbamates (subject to hydrolysis) is 1. The van der Waals surface area contributed by atoms with E-state index >= 15 is 0 Å². The predicted octanol–water partition coefficient (Wildman–Crippen LogP) is 3.06. The van der Waals surface area contributed by atoms with Crippen LogP contribution in [-0.4, -0.2) is 50.3 Å². The molecule has 0 spiro atoms. The van der Waals surface area contributed by atoms with Gasteiger partial charge in [-0.3, -0.25) is 4.79 Å². The number of ether oxygens (including phenoxy) is 1. The van der Waals surface area contributed by atoms with Gasteiger partial charge < -0.3 is 37.1 Å². The van der Waals surface area contributed by atoms with Crippen LogP contribution in [0.15, 0.2) is 36.5 Å². The fraction of sp³-hybridized carbons (Fsp3) is 0.560. The Kier molecular flexibility index (Phi) is 16.4. The van der Waals surface area contributed by atoms with Gasteiger partial charge in [0.2, 0.25) is 5.91 Å². The maximum absolute atomic E-state index is 12.9. The van der Waals surface area contributed by atoms with Crippen LogP contribution >= 0.6 is 0 Å². The Morgan fingerprint density at radius 1 is 1.11 bits per heavy atom. The smallest absolute Gasteiger partial charge is 0.407 e. The van der Waals surface area contributed by atoms with Crippen molar-refractivity contribution in [1.82, 2.24) is 21.3 Å². The van der Waals surface area contributed by atoms with Gasteiger partial charge in [0.1, 0.15) is 6.61 Å². The van der Waals surface area contributed by atoms with E-state index < -0.39 is 12.1 Å². The van der Waals surface area contributed by atoms with Gasteiger partial charge in [0.05, 0.1) is 12.1 Å². The summed E-state index contributed by atoms with van der Waals surface area (Å²) in [7, 11) is 1.50. The molecule has 0 aliphatic rings. The van der Waals surface area contributed by atoms with Crippen LogP contribution in [0.1, 0.15) is 53.0 Å². The summed E-state index contributed by atoms with van der Waals surface area (Å²) in [6.45, 7) is 15.3. The van der Waals surface area contributed by atoms with Gasteiger partial charge in [-0.2, -0.15) is 0 Å². The monoisotopic (exact) mass is 492 g/mol. The Morgan fingerprint density at radius 3 is 2.26 bits per heavy atom. The van der Waals surface area contributed by atoms with Crippen molar-refractivity contribution in [2.75, 3.05) is 25.5 Å². The van der Waals surface area contributed by atoms with Crippen molar-refractivity contribution in [3.05, 3.63) is 42.1 Å². The number of amides is 4. The zero-order chi connectivity index (χ0) is 26.8. The van der Waals surface area contributed by atoms with Gasteiger partial charge in [0.25, 0.3) is 0 Å². The number of primary amides is 1. The summed E-state index contributed by atoms with van der Waals surface area (Å²) in [5.41, 5.74) is 7.37. The van der Waals surface area contributed by atoms with Gasteiger partial charge in [-0.1, -0.05) is 53.3 Å². The second kappa shape index (κ2) is 18.1. The van der Waals surface area contributed by atoms with Crippen LogP contribution in [0.2, 0.25) is 0 Å². The number of carbonyl (C=O) groups is 3. The van der Waals surface area contributed by atoms with E-state index in [4.69, 9.17) is 10.5 Å². The number of urea groups is 1. The quantitative estimate of drug-likeness (QED) is 0.220. The summed E-state index contributed by atoms with van der Waals surface area (Å²) < 4.78 is 5.03. The molecule has 10 heteroatoms. The van der Waals surface area contributed by atoms with Crippen LogP contribution < -0.4 is 32.3 Å². The lowest BCUT2D eigenvalue weighted by atomic mass is 10.0. The number of nitrogens with two attached hydrogens (primary N) is 1. The molecule has 198 valence electrons. The molecule has 0 fully saturated rings. The molecule has 7 N–H and O–H groups in total. The van der Waals surface area contributed by atoms with Crippen LogP contribution in [0.4, 0.5) is 15.3 Å². The molecule has 0 aliphatic carbocycles. The lowest BCUT2D eigenvalue weighted by molar-refractivity contribution is -0.124. The van der Waals surface area contributed by atoms with Crippen molar-refractivity contribution >= 4 is 23.7 Å². The highest BCUT2D eigenvalue weighted by Gasteiger charge is 2.24. The minimum absolute atomic E-state index is 0.107. The van der Waals surface area contributed by atoms with Gasteiger partial charge in [-0.15, -0.1) is 0 Å². The third-order valence-corrected chi connectivity index (χ3v) is 4.91. The molecule has 0 radical (unpaired) electrons. The van der Waals surface area contributed by atoms with Crippen molar-refractivity contribution in [2.24, 2.45) is 11.7 Å². The summed E-state index contributed by atoms with van der Waals surface area (Å²) in [5.74, 6) is 0.0114. The van der Waals surface area contributed by atoms with E-state index in [1.807, 2.05) is 58.9 Å². The maximum atomic E-state index is 12.9. The number of rotatable bonds is 14. The number of carbonyl (C=O) groups excluding carboxylic acids is 3. The van der Waals surface area contributed by atoms with E-state index in [1.165, 1.54) is 7.05 Å². The molecule has 35 heavy (non-hydrogen) atoms. The number of likely N-dealkylation sites (N-methyl/N-ethyl adjacent to an activating group) is 1. The molecule has 0 heterocycles. The van der Waals surface area contributed by atoms with Crippen LogP contribution in [0, 0.1) is 5.92 Å². The molecule has 2 atom stereocenters. The highest BCUT2D eigenvalue weighted by Crippen LogP contribution is 2.16. The first-order chi connectivity index (χ1) is 16.7. The number of hydrogen-bond donors (Lipinski definition) is 6. The largest absolute Gasteiger partial charge is 0.445 e. The van der Waals surface area contributed by atoms with Crippen molar-refractivity contribution in [2.45, 2.75) is 66.2 Å². The first-order valence-corrected chi connectivity index (χ1v) is 12.1. The molecular formula is C25H44N6O4. The summed E-state index contributed by atoms with van der Waals surface area (Å²) in [5, 5.41) is 14.5. The van der Waals surface area contributed by atoms with Gasteiger partial charge >= 0.3 is 12.1 Å². The highest BCUT2D eigenvalue weighted by atomic mass is 16.5. The Bertz CT molecular complexity index is 783. The zero-order valence-corrected chi connectivity index (χ0v) is 22.0. The van der Waals surface area contributed by atoms with Gasteiger partial charge in [-0.05, 0) is 43.0 Å². The molecule has 10 nitrogen and oxygen atoms in total. The van der Waals surface area contributed by atoms with Crippen molar-refractivity contribution in [1.29, 1.82) is 0 Å². The highest BCUT2D eigenvalue weighted by molar-refractivity contribution is 5.82. The van der Waals surface area contributed by atoms with E-state index in [1.54, 1.807) is 0 Å². The predicted molar refractivity (Wildman–Crippen MR) is 141 cm³/mol. The van der Waals surface area contributed by atoms with Gasteiger partial charge in [-0.25, -0.2) is 9.59 Å². The number of benzene rings is 1. The summed E-state index contributed by atoms with van der Waals surface area (Å²) in [6.07, 6.45) is 0.678. The molecular weight excluding hydrogens is 448 g/mol. The normalized spacial score (nSPS) is 11.9. The van der Waals surface area contributed by atoms with Crippen molar-refractivity contribution in [3.63, 3.8) is 0 Å². The number of anilines is 1. The first kappa shape index (κ1) is 31.7. The molecule has 0 saturated heterocycles. The van der Waals surface area contributed by atoms with Crippen molar-refractivity contribution in [3.8, 4) is 0 Å².